The summed E-state index contributed by atoms with van der Waals surface area (Å²) >= 11 is 1.44. The minimum atomic E-state index is -0.291. The van der Waals surface area contributed by atoms with E-state index in [0.717, 1.165) is 10.4 Å². The summed E-state index contributed by atoms with van der Waals surface area (Å²) in [6.07, 6.45) is 1.32. The number of nitrogens with zero attached hydrogens (tertiary/aromatic N) is 2. The molecule has 1 unspecified atom stereocenters. The van der Waals surface area contributed by atoms with Gasteiger partial charge in [0.25, 0.3) is 5.91 Å². The number of amides is 1. The van der Waals surface area contributed by atoms with Gasteiger partial charge in [0.05, 0.1) is 19.4 Å². The molecule has 0 bridgehead atoms. The average molecular weight is 372 g/mol. The zero-order chi connectivity index (χ0) is 18.1. The van der Waals surface area contributed by atoms with Crippen LogP contribution >= 0.6 is 11.3 Å². The first-order valence-corrected chi connectivity index (χ1v) is 9.11. The molecule has 1 fully saturated rings. The number of hydrogen-bond donors (Lipinski definition) is 0. The zero-order valence-corrected chi connectivity index (χ0v) is 15.0. The average Bonchev–Trinajstić information content (AvgIpc) is 3.31. The summed E-state index contributed by atoms with van der Waals surface area (Å²) < 4.78 is 24.3. The number of halogens is 1. The summed E-state index contributed by atoms with van der Waals surface area (Å²) in [7, 11) is 0. The fraction of sp³-hybridized carbons (Fsp3) is 0.263. The molecule has 0 radical (unpaired) electrons. The smallest absolute Gasteiger partial charge is 0.273 e. The molecular weight excluding hydrogens is 355 g/mol. The van der Waals surface area contributed by atoms with Crippen molar-refractivity contribution in [1.82, 2.24) is 9.88 Å². The molecule has 26 heavy (non-hydrogen) atoms. The van der Waals surface area contributed by atoms with Crippen LogP contribution in [0.4, 0.5) is 4.39 Å². The summed E-state index contributed by atoms with van der Waals surface area (Å²) in [6, 6.07) is 9.81. The molecule has 3 heterocycles. The van der Waals surface area contributed by atoms with E-state index in [-0.39, 0.29) is 17.8 Å². The van der Waals surface area contributed by atoms with Gasteiger partial charge in [0.2, 0.25) is 0 Å². The number of aryl methyl sites for hydroxylation is 1. The normalized spacial score (nSPS) is 17.5. The van der Waals surface area contributed by atoms with Gasteiger partial charge in [-0.15, -0.1) is 11.3 Å². The SMILES string of the molecule is Cc1sc(-c2ccco2)nc1C(=O)N1CCOC(c2ccc(F)cc2)C1. The van der Waals surface area contributed by atoms with Crippen LogP contribution in [-0.4, -0.2) is 35.5 Å². The van der Waals surface area contributed by atoms with Crippen LogP contribution in [0.1, 0.15) is 27.0 Å². The van der Waals surface area contributed by atoms with Gasteiger partial charge in [-0.1, -0.05) is 12.1 Å². The van der Waals surface area contributed by atoms with E-state index in [9.17, 15) is 9.18 Å². The van der Waals surface area contributed by atoms with E-state index >= 15 is 0 Å². The Balaban J connectivity index is 1.53. The maximum Gasteiger partial charge on any atom is 0.273 e. The second kappa shape index (κ2) is 7.01. The van der Waals surface area contributed by atoms with Crippen LogP contribution in [0.2, 0.25) is 0 Å². The molecule has 134 valence electrons. The highest BCUT2D eigenvalue weighted by Gasteiger charge is 2.29. The van der Waals surface area contributed by atoms with Crippen molar-refractivity contribution in [2.45, 2.75) is 13.0 Å². The molecular formula is C19H17FN2O3S. The van der Waals surface area contributed by atoms with E-state index in [2.05, 4.69) is 4.98 Å². The highest BCUT2D eigenvalue weighted by atomic mass is 32.1. The van der Waals surface area contributed by atoms with Crippen LogP contribution in [0.25, 0.3) is 10.8 Å². The molecule has 0 saturated carbocycles. The molecule has 2 aromatic heterocycles. The van der Waals surface area contributed by atoms with Crippen molar-refractivity contribution in [1.29, 1.82) is 0 Å². The molecule has 1 aliphatic heterocycles. The minimum absolute atomic E-state index is 0.119. The maximum atomic E-state index is 13.1. The predicted molar refractivity (Wildman–Crippen MR) is 95.5 cm³/mol. The first-order valence-electron chi connectivity index (χ1n) is 8.29. The molecule has 1 saturated heterocycles. The number of furan rings is 1. The monoisotopic (exact) mass is 372 g/mol. The van der Waals surface area contributed by atoms with E-state index in [1.54, 1.807) is 29.4 Å². The Bertz CT molecular complexity index is 906. The number of aromatic nitrogens is 1. The van der Waals surface area contributed by atoms with Crippen molar-refractivity contribution < 1.29 is 18.3 Å². The molecule has 3 aromatic rings. The van der Waals surface area contributed by atoms with Crippen molar-refractivity contribution in [3.8, 4) is 10.8 Å². The molecule has 7 heteroatoms. The lowest BCUT2D eigenvalue weighted by Gasteiger charge is -2.33. The molecule has 0 spiro atoms. The van der Waals surface area contributed by atoms with Crippen LogP contribution in [0.3, 0.4) is 0 Å². The molecule has 1 aliphatic rings. The summed E-state index contributed by atoms with van der Waals surface area (Å²) in [6.45, 7) is 3.23. The van der Waals surface area contributed by atoms with E-state index in [0.29, 0.717) is 36.2 Å². The number of ether oxygens (including phenoxy) is 1. The molecule has 0 aliphatic carbocycles. The number of carbonyl (C=O) groups excluding carboxylic acids is 1. The van der Waals surface area contributed by atoms with Crippen molar-refractivity contribution in [2.24, 2.45) is 0 Å². The van der Waals surface area contributed by atoms with E-state index in [4.69, 9.17) is 9.15 Å². The third-order valence-corrected chi connectivity index (χ3v) is 5.31. The molecule has 1 amide bonds. The minimum Gasteiger partial charge on any atom is -0.462 e. The van der Waals surface area contributed by atoms with Gasteiger partial charge in [-0.25, -0.2) is 9.37 Å². The van der Waals surface area contributed by atoms with Crippen molar-refractivity contribution in [3.05, 3.63) is 64.6 Å². The van der Waals surface area contributed by atoms with E-state index in [1.165, 1.54) is 23.5 Å². The quantitative estimate of drug-likeness (QED) is 0.696. The number of benzene rings is 1. The summed E-state index contributed by atoms with van der Waals surface area (Å²) in [5.41, 5.74) is 1.30. The fourth-order valence-electron chi connectivity index (χ4n) is 2.96. The van der Waals surface area contributed by atoms with Crippen LogP contribution < -0.4 is 0 Å². The standard InChI is InChI=1S/C19H17FN2O3S/c1-12-17(21-18(26-12)15-3-2-9-24-15)19(23)22-8-10-25-16(11-22)13-4-6-14(20)7-5-13/h2-7,9,16H,8,10-11H2,1H3. The summed E-state index contributed by atoms with van der Waals surface area (Å²) in [4.78, 5) is 20.0. The first-order chi connectivity index (χ1) is 12.6. The Morgan fingerprint density at radius 3 is 2.85 bits per heavy atom. The van der Waals surface area contributed by atoms with E-state index < -0.39 is 0 Å². The number of rotatable bonds is 3. The molecule has 4 rings (SSSR count). The van der Waals surface area contributed by atoms with Gasteiger partial charge < -0.3 is 14.1 Å². The summed E-state index contributed by atoms with van der Waals surface area (Å²) in [5.74, 6) is 0.247. The van der Waals surface area contributed by atoms with Crippen LogP contribution in [-0.2, 0) is 4.74 Å². The Morgan fingerprint density at radius 1 is 1.31 bits per heavy atom. The lowest BCUT2D eigenvalue weighted by atomic mass is 10.1. The maximum absolute atomic E-state index is 13.1. The molecule has 1 atom stereocenters. The number of carbonyl (C=O) groups is 1. The second-order valence-electron chi connectivity index (χ2n) is 6.06. The van der Waals surface area contributed by atoms with Gasteiger partial charge >= 0.3 is 0 Å². The van der Waals surface area contributed by atoms with Crippen LogP contribution in [0.5, 0.6) is 0 Å². The predicted octanol–water partition coefficient (Wildman–Crippen LogP) is 4.06. The highest BCUT2D eigenvalue weighted by Crippen LogP contribution is 2.30. The Labute approximate surface area is 154 Å². The van der Waals surface area contributed by atoms with Crippen molar-refractivity contribution in [2.75, 3.05) is 19.7 Å². The van der Waals surface area contributed by atoms with Gasteiger partial charge in [0.1, 0.15) is 17.6 Å². The molecule has 0 N–H and O–H groups in total. The largest absolute Gasteiger partial charge is 0.462 e. The Morgan fingerprint density at radius 2 is 2.12 bits per heavy atom. The number of hydrogen-bond acceptors (Lipinski definition) is 5. The second-order valence-corrected chi connectivity index (χ2v) is 7.27. The van der Waals surface area contributed by atoms with Crippen molar-refractivity contribution >= 4 is 17.2 Å². The lowest BCUT2D eigenvalue weighted by molar-refractivity contribution is -0.0230. The van der Waals surface area contributed by atoms with Gasteiger partial charge in [0, 0.05) is 11.4 Å². The topological polar surface area (TPSA) is 55.6 Å². The van der Waals surface area contributed by atoms with Gasteiger partial charge in [-0.2, -0.15) is 0 Å². The van der Waals surface area contributed by atoms with Crippen LogP contribution in [0, 0.1) is 12.7 Å². The third-order valence-electron chi connectivity index (χ3n) is 4.33. The Hall–Kier alpha value is -2.51. The van der Waals surface area contributed by atoms with E-state index in [1.807, 2.05) is 13.0 Å². The molecule has 1 aromatic carbocycles. The fourth-order valence-corrected chi connectivity index (χ4v) is 3.84. The van der Waals surface area contributed by atoms with Gasteiger partial charge in [-0.3, -0.25) is 4.79 Å². The van der Waals surface area contributed by atoms with Gasteiger partial charge in [0.15, 0.2) is 10.8 Å². The van der Waals surface area contributed by atoms with Gasteiger partial charge in [-0.05, 0) is 36.8 Å². The summed E-state index contributed by atoms with van der Waals surface area (Å²) in [5, 5.41) is 0.694. The zero-order valence-electron chi connectivity index (χ0n) is 14.1. The first kappa shape index (κ1) is 16.9. The molecule has 5 nitrogen and oxygen atoms in total. The lowest BCUT2D eigenvalue weighted by Crippen LogP contribution is -2.42. The van der Waals surface area contributed by atoms with Crippen LogP contribution in [0.15, 0.2) is 47.1 Å². The number of morpholine rings is 1. The Kier molecular flexibility index (Phi) is 4.57. The number of thiazole rings is 1. The third kappa shape index (κ3) is 3.27. The van der Waals surface area contributed by atoms with Crippen molar-refractivity contribution in [3.63, 3.8) is 0 Å². The highest BCUT2D eigenvalue weighted by molar-refractivity contribution is 7.15.